The van der Waals surface area contributed by atoms with Crippen molar-refractivity contribution in [3.05, 3.63) is 57.8 Å². The Kier molecular flexibility index (Phi) is 6.28. The Morgan fingerprint density at radius 1 is 1.20 bits per heavy atom. The van der Waals surface area contributed by atoms with Crippen LogP contribution in [0.15, 0.2) is 41.8 Å². The maximum atomic E-state index is 12.2. The largest absolute Gasteiger partial charge is 0.302 e. The van der Waals surface area contributed by atoms with Gasteiger partial charge in [-0.15, -0.1) is 11.3 Å². The standard InChI is InChI=1S/C19H26N2O2S2/c1-16-4-2-5-17(14-16)15-25(22,23)20-9-12-21-10-7-18(8-11-21)19-6-3-13-24-19/h2-6,13-14,18,20H,7-12,15H2,1H3. The molecule has 0 unspecified atom stereocenters. The molecule has 4 nitrogen and oxygen atoms in total. The van der Waals surface area contributed by atoms with Gasteiger partial charge in [-0.25, -0.2) is 13.1 Å². The van der Waals surface area contributed by atoms with Crippen LogP contribution in [0.25, 0.3) is 0 Å². The summed E-state index contributed by atoms with van der Waals surface area (Å²) in [6.45, 7) is 5.33. The van der Waals surface area contributed by atoms with Gasteiger partial charge in [0.05, 0.1) is 5.75 Å². The molecule has 1 aromatic heterocycles. The molecule has 2 aromatic rings. The molecule has 0 saturated carbocycles. The topological polar surface area (TPSA) is 49.4 Å². The Bertz CT molecular complexity index is 764. The molecule has 0 aliphatic carbocycles. The number of nitrogens with zero attached hydrogens (tertiary/aromatic N) is 1. The van der Waals surface area contributed by atoms with E-state index >= 15 is 0 Å². The lowest BCUT2D eigenvalue weighted by Crippen LogP contribution is -2.39. The average molecular weight is 379 g/mol. The van der Waals surface area contributed by atoms with Crippen LogP contribution in [0.4, 0.5) is 0 Å². The first-order valence-corrected chi connectivity index (χ1v) is 11.3. The molecule has 2 heterocycles. The Balaban J connectivity index is 1.40. The van der Waals surface area contributed by atoms with Crippen LogP contribution in [0.3, 0.4) is 0 Å². The molecule has 1 aliphatic heterocycles. The highest BCUT2D eigenvalue weighted by Crippen LogP contribution is 2.30. The van der Waals surface area contributed by atoms with Crippen molar-refractivity contribution < 1.29 is 8.42 Å². The van der Waals surface area contributed by atoms with Crippen molar-refractivity contribution in [2.75, 3.05) is 26.2 Å². The monoisotopic (exact) mass is 378 g/mol. The summed E-state index contributed by atoms with van der Waals surface area (Å²) < 4.78 is 27.2. The molecule has 1 N–H and O–H groups in total. The second-order valence-corrected chi connectivity index (χ2v) is 9.56. The summed E-state index contributed by atoms with van der Waals surface area (Å²) >= 11 is 1.84. The van der Waals surface area contributed by atoms with Gasteiger partial charge in [-0.1, -0.05) is 35.9 Å². The zero-order chi connectivity index (χ0) is 17.7. The molecule has 0 bridgehead atoms. The molecule has 0 spiro atoms. The molecular formula is C19H26N2O2S2. The second-order valence-electron chi connectivity index (χ2n) is 6.77. The number of likely N-dealkylation sites (tertiary alicyclic amines) is 1. The molecule has 1 fully saturated rings. The molecule has 1 aliphatic rings. The van der Waals surface area contributed by atoms with E-state index in [0.717, 1.165) is 43.6 Å². The minimum Gasteiger partial charge on any atom is -0.302 e. The van der Waals surface area contributed by atoms with Crippen molar-refractivity contribution in [3.8, 4) is 0 Å². The molecule has 3 rings (SSSR count). The maximum Gasteiger partial charge on any atom is 0.215 e. The van der Waals surface area contributed by atoms with Gasteiger partial charge in [0.15, 0.2) is 0 Å². The van der Waals surface area contributed by atoms with Crippen molar-refractivity contribution in [1.29, 1.82) is 0 Å². The van der Waals surface area contributed by atoms with Crippen LogP contribution in [0.2, 0.25) is 0 Å². The first-order valence-electron chi connectivity index (χ1n) is 8.80. The van der Waals surface area contributed by atoms with E-state index in [1.165, 1.54) is 4.88 Å². The zero-order valence-corrected chi connectivity index (χ0v) is 16.3. The van der Waals surface area contributed by atoms with Crippen molar-refractivity contribution >= 4 is 21.4 Å². The highest BCUT2D eigenvalue weighted by atomic mass is 32.2. The van der Waals surface area contributed by atoms with Crippen LogP contribution >= 0.6 is 11.3 Å². The lowest BCUT2D eigenvalue weighted by molar-refractivity contribution is 0.217. The van der Waals surface area contributed by atoms with Gasteiger partial charge >= 0.3 is 0 Å². The molecular weight excluding hydrogens is 352 g/mol. The summed E-state index contributed by atoms with van der Waals surface area (Å²) in [5.41, 5.74) is 1.92. The van der Waals surface area contributed by atoms with E-state index in [0.29, 0.717) is 12.5 Å². The normalized spacial score (nSPS) is 17.0. The molecule has 0 amide bonds. The predicted molar refractivity (Wildman–Crippen MR) is 105 cm³/mol. The molecule has 1 saturated heterocycles. The van der Waals surface area contributed by atoms with E-state index in [1.54, 1.807) is 0 Å². The van der Waals surface area contributed by atoms with Gasteiger partial charge < -0.3 is 4.90 Å². The Labute approximate surface area is 154 Å². The van der Waals surface area contributed by atoms with Crippen molar-refractivity contribution in [3.63, 3.8) is 0 Å². The van der Waals surface area contributed by atoms with E-state index < -0.39 is 10.0 Å². The maximum absolute atomic E-state index is 12.2. The minimum atomic E-state index is -3.27. The van der Waals surface area contributed by atoms with Gasteiger partial charge in [0, 0.05) is 18.0 Å². The van der Waals surface area contributed by atoms with E-state index in [4.69, 9.17) is 0 Å². The van der Waals surface area contributed by atoms with Gasteiger partial charge in [0.25, 0.3) is 0 Å². The molecule has 1 aromatic carbocycles. The Morgan fingerprint density at radius 3 is 2.68 bits per heavy atom. The fourth-order valence-corrected chi connectivity index (χ4v) is 5.42. The number of nitrogens with one attached hydrogen (secondary N) is 1. The van der Waals surface area contributed by atoms with Gasteiger partial charge in [-0.3, -0.25) is 0 Å². The third-order valence-electron chi connectivity index (χ3n) is 4.72. The van der Waals surface area contributed by atoms with Crippen molar-refractivity contribution in [2.24, 2.45) is 0 Å². The summed E-state index contributed by atoms with van der Waals surface area (Å²) in [5, 5.41) is 2.14. The first kappa shape index (κ1) is 18.6. The Morgan fingerprint density at radius 2 is 2.00 bits per heavy atom. The van der Waals surface area contributed by atoms with Crippen LogP contribution in [0, 0.1) is 6.92 Å². The molecule has 136 valence electrons. The van der Waals surface area contributed by atoms with Crippen molar-refractivity contribution in [2.45, 2.75) is 31.4 Å². The molecule has 0 radical (unpaired) electrons. The van der Waals surface area contributed by atoms with E-state index in [9.17, 15) is 8.42 Å². The third kappa shape index (κ3) is 5.64. The number of rotatable bonds is 7. The van der Waals surface area contributed by atoms with Crippen LogP contribution in [0.5, 0.6) is 0 Å². The van der Waals surface area contributed by atoms with Crippen molar-refractivity contribution in [1.82, 2.24) is 9.62 Å². The Hall–Kier alpha value is -1.21. The first-order chi connectivity index (χ1) is 12.0. The van der Waals surface area contributed by atoms with Crippen LogP contribution in [0.1, 0.15) is 34.8 Å². The summed E-state index contributed by atoms with van der Waals surface area (Å²) in [6, 6.07) is 12.0. The summed E-state index contributed by atoms with van der Waals surface area (Å²) in [4.78, 5) is 3.85. The van der Waals surface area contributed by atoms with Crippen LogP contribution in [-0.2, 0) is 15.8 Å². The number of hydrogen-bond acceptors (Lipinski definition) is 4. The quantitative estimate of drug-likeness (QED) is 0.804. The fraction of sp³-hybridized carbons (Fsp3) is 0.474. The third-order valence-corrected chi connectivity index (χ3v) is 7.11. The predicted octanol–water partition coefficient (Wildman–Crippen LogP) is 3.36. The molecule has 6 heteroatoms. The number of benzene rings is 1. The van der Waals surface area contributed by atoms with Gasteiger partial charge in [-0.05, 0) is 55.8 Å². The van der Waals surface area contributed by atoms with E-state index in [-0.39, 0.29) is 5.75 Å². The number of sulfonamides is 1. The summed E-state index contributed by atoms with van der Waals surface area (Å²) in [5.74, 6) is 0.726. The fourth-order valence-electron chi connectivity index (χ4n) is 3.40. The number of thiophene rings is 1. The number of piperidine rings is 1. The lowest BCUT2D eigenvalue weighted by Gasteiger charge is -2.31. The second kappa shape index (κ2) is 8.45. The van der Waals surface area contributed by atoms with Gasteiger partial charge in [-0.2, -0.15) is 0 Å². The number of aryl methyl sites for hydroxylation is 1. The van der Waals surface area contributed by atoms with E-state index in [1.807, 2.05) is 42.5 Å². The smallest absolute Gasteiger partial charge is 0.215 e. The van der Waals surface area contributed by atoms with Gasteiger partial charge in [0.2, 0.25) is 10.0 Å². The van der Waals surface area contributed by atoms with Gasteiger partial charge in [0.1, 0.15) is 0 Å². The lowest BCUT2D eigenvalue weighted by atomic mass is 9.95. The highest BCUT2D eigenvalue weighted by molar-refractivity contribution is 7.88. The average Bonchev–Trinajstić information content (AvgIpc) is 3.09. The number of hydrogen-bond donors (Lipinski definition) is 1. The van der Waals surface area contributed by atoms with Crippen LogP contribution < -0.4 is 4.72 Å². The van der Waals surface area contributed by atoms with Crippen LogP contribution in [-0.4, -0.2) is 39.5 Å². The summed E-state index contributed by atoms with van der Waals surface area (Å²) in [6.07, 6.45) is 2.33. The molecule has 0 atom stereocenters. The molecule has 25 heavy (non-hydrogen) atoms. The highest BCUT2D eigenvalue weighted by Gasteiger charge is 2.21. The zero-order valence-electron chi connectivity index (χ0n) is 14.6. The van der Waals surface area contributed by atoms with E-state index in [2.05, 4.69) is 27.1 Å². The SMILES string of the molecule is Cc1cccc(CS(=O)(=O)NCCN2CCC(c3cccs3)CC2)c1. The minimum absolute atomic E-state index is 0.0507. The summed E-state index contributed by atoms with van der Waals surface area (Å²) in [7, 11) is -3.27.